The summed E-state index contributed by atoms with van der Waals surface area (Å²) in [6, 6.07) is 14.0. The second-order valence-corrected chi connectivity index (χ2v) is 7.59. The quantitative estimate of drug-likeness (QED) is 0.738. The van der Waals surface area contributed by atoms with Crippen molar-refractivity contribution in [3.05, 3.63) is 54.1 Å². The number of halogens is 2. The van der Waals surface area contributed by atoms with Gasteiger partial charge in [-0.3, -0.25) is 4.79 Å². The highest BCUT2D eigenvalue weighted by molar-refractivity contribution is 5.95. The SMILES string of the molecule is O=C(c1cccc(-c2ccc(OC(F)F)cc2)c1)N1C[C@@H]2CCC[C@@H](C2)C1. The summed E-state index contributed by atoms with van der Waals surface area (Å²) in [6.45, 7) is -1.11. The first-order chi connectivity index (χ1) is 13.1. The number of hydrogen-bond acceptors (Lipinski definition) is 2. The molecule has 2 aromatic rings. The first-order valence-corrected chi connectivity index (χ1v) is 9.53. The molecule has 3 nitrogen and oxygen atoms in total. The van der Waals surface area contributed by atoms with E-state index in [-0.39, 0.29) is 11.7 Å². The monoisotopic (exact) mass is 371 g/mol. The van der Waals surface area contributed by atoms with Crippen molar-refractivity contribution in [3.8, 4) is 16.9 Å². The van der Waals surface area contributed by atoms with Crippen molar-refractivity contribution in [2.24, 2.45) is 11.8 Å². The van der Waals surface area contributed by atoms with Gasteiger partial charge in [-0.15, -0.1) is 0 Å². The standard InChI is InChI=1S/C22H23F2NO2/c23-22(24)27-20-9-7-17(8-10-20)18-5-2-6-19(12-18)21(26)25-13-15-3-1-4-16(11-15)14-25/h2,5-10,12,15-16,22H,1,3-4,11,13-14H2/t15-,16+. The number of ether oxygens (including phenoxy) is 1. The molecule has 0 aromatic heterocycles. The van der Waals surface area contributed by atoms with Gasteiger partial charge in [-0.25, -0.2) is 0 Å². The zero-order chi connectivity index (χ0) is 18.8. The fourth-order valence-electron chi connectivity index (χ4n) is 4.44. The van der Waals surface area contributed by atoms with Gasteiger partial charge in [0.1, 0.15) is 5.75 Å². The van der Waals surface area contributed by atoms with Crippen LogP contribution >= 0.6 is 0 Å². The minimum Gasteiger partial charge on any atom is -0.435 e. The van der Waals surface area contributed by atoms with Crippen molar-refractivity contribution in [2.45, 2.75) is 32.3 Å². The summed E-state index contributed by atoms with van der Waals surface area (Å²) in [5.74, 6) is 1.51. The lowest BCUT2D eigenvalue weighted by molar-refractivity contribution is -0.0498. The fourth-order valence-corrected chi connectivity index (χ4v) is 4.44. The molecule has 1 aliphatic carbocycles. The van der Waals surface area contributed by atoms with Crippen LogP contribution in [0.15, 0.2) is 48.5 Å². The Kier molecular flexibility index (Phi) is 5.10. The van der Waals surface area contributed by atoms with Crippen LogP contribution in [0.25, 0.3) is 11.1 Å². The van der Waals surface area contributed by atoms with Crippen molar-refractivity contribution in [2.75, 3.05) is 13.1 Å². The lowest BCUT2D eigenvalue weighted by Crippen LogP contribution is -2.45. The third-order valence-electron chi connectivity index (χ3n) is 5.66. The smallest absolute Gasteiger partial charge is 0.387 e. The van der Waals surface area contributed by atoms with Gasteiger partial charge in [0.05, 0.1) is 0 Å². The second-order valence-electron chi connectivity index (χ2n) is 7.59. The molecule has 2 bridgehead atoms. The Labute approximate surface area is 157 Å². The Balaban J connectivity index is 1.51. The van der Waals surface area contributed by atoms with E-state index in [1.165, 1.54) is 37.8 Å². The number of rotatable bonds is 4. The summed E-state index contributed by atoms with van der Waals surface area (Å²) in [5, 5.41) is 0. The van der Waals surface area contributed by atoms with E-state index in [0.717, 1.165) is 24.2 Å². The highest BCUT2D eigenvalue weighted by atomic mass is 19.3. The van der Waals surface area contributed by atoms with Gasteiger partial charge in [-0.05, 0) is 66.5 Å². The fraction of sp³-hybridized carbons (Fsp3) is 0.409. The molecule has 1 saturated carbocycles. The number of likely N-dealkylation sites (tertiary alicyclic amines) is 1. The van der Waals surface area contributed by atoms with Crippen molar-refractivity contribution in [3.63, 3.8) is 0 Å². The molecule has 142 valence electrons. The molecule has 4 rings (SSSR count). The van der Waals surface area contributed by atoms with Crippen molar-refractivity contribution in [1.29, 1.82) is 0 Å². The third-order valence-corrected chi connectivity index (χ3v) is 5.66. The number of alkyl halides is 2. The topological polar surface area (TPSA) is 29.5 Å². The molecule has 0 N–H and O–H groups in total. The van der Waals surface area contributed by atoms with Crippen molar-refractivity contribution >= 4 is 5.91 Å². The maximum atomic E-state index is 13.0. The van der Waals surface area contributed by atoms with Crippen LogP contribution in [0.1, 0.15) is 36.0 Å². The van der Waals surface area contributed by atoms with Gasteiger partial charge in [0.2, 0.25) is 0 Å². The lowest BCUT2D eigenvalue weighted by atomic mass is 9.78. The number of carbonyl (C=O) groups is 1. The number of fused-ring (bicyclic) bond motifs is 2. The number of amides is 1. The lowest BCUT2D eigenvalue weighted by Gasteiger charge is -2.41. The van der Waals surface area contributed by atoms with Crippen LogP contribution in [0, 0.1) is 11.8 Å². The van der Waals surface area contributed by atoms with Gasteiger partial charge in [0.15, 0.2) is 0 Å². The molecular formula is C22H23F2NO2. The molecule has 2 aliphatic rings. The van der Waals surface area contributed by atoms with Gasteiger partial charge < -0.3 is 9.64 Å². The Hall–Kier alpha value is -2.43. The molecule has 2 atom stereocenters. The first kappa shape index (κ1) is 18.0. The Morgan fingerprint density at radius 1 is 1.00 bits per heavy atom. The molecule has 2 fully saturated rings. The van der Waals surface area contributed by atoms with E-state index in [2.05, 4.69) is 4.74 Å². The van der Waals surface area contributed by atoms with Crippen LogP contribution in [-0.4, -0.2) is 30.5 Å². The normalized spacial score (nSPS) is 22.0. The van der Waals surface area contributed by atoms with E-state index in [4.69, 9.17) is 0 Å². The second kappa shape index (κ2) is 7.67. The van der Waals surface area contributed by atoms with Crippen LogP contribution in [0.4, 0.5) is 8.78 Å². The maximum absolute atomic E-state index is 13.0. The van der Waals surface area contributed by atoms with Crippen LogP contribution < -0.4 is 4.74 Å². The van der Waals surface area contributed by atoms with E-state index in [1.807, 2.05) is 29.2 Å². The van der Waals surface area contributed by atoms with Crippen molar-refractivity contribution in [1.82, 2.24) is 4.90 Å². The van der Waals surface area contributed by atoms with Gasteiger partial charge >= 0.3 is 6.61 Å². The highest BCUT2D eigenvalue weighted by Crippen LogP contribution is 2.35. The third kappa shape index (κ3) is 4.12. The molecular weight excluding hydrogens is 348 g/mol. The summed E-state index contributed by atoms with van der Waals surface area (Å²) < 4.78 is 29.0. The number of nitrogens with zero attached hydrogens (tertiary/aromatic N) is 1. The van der Waals surface area contributed by atoms with Crippen LogP contribution in [0.5, 0.6) is 5.75 Å². The minimum atomic E-state index is -2.83. The Morgan fingerprint density at radius 2 is 1.70 bits per heavy atom. The van der Waals surface area contributed by atoms with Crippen molar-refractivity contribution < 1.29 is 18.3 Å². The van der Waals surface area contributed by atoms with Gasteiger partial charge in [-0.1, -0.05) is 30.7 Å². The molecule has 1 heterocycles. The Bertz CT molecular complexity index is 794. The van der Waals surface area contributed by atoms with E-state index < -0.39 is 6.61 Å². The first-order valence-electron chi connectivity index (χ1n) is 9.53. The number of benzene rings is 2. The van der Waals surface area contributed by atoms with E-state index in [9.17, 15) is 13.6 Å². The molecule has 5 heteroatoms. The van der Waals surface area contributed by atoms with Crippen LogP contribution in [0.3, 0.4) is 0 Å². The van der Waals surface area contributed by atoms with E-state index in [0.29, 0.717) is 17.4 Å². The highest BCUT2D eigenvalue weighted by Gasteiger charge is 2.32. The largest absolute Gasteiger partial charge is 0.435 e. The molecule has 1 saturated heterocycles. The van der Waals surface area contributed by atoms with E-state index >= 15 is 0 Å². The van der Waals surface area contributed by atoms with Gasteiger partial charge in [0.25, 0.3) is 5.91 Å². The summed E-state index contributed by atoms with van der Waals surface area (Å²) in [5.41, 5.74) is 2.43. The molecule has 27 heavy (non-hydrogen) atoms. The molecule has 0 radical (unpaired) electrons. The summed E-state index contributed by atoms with van der Waals surface area (Å²) in [6.07, 6.45) is 5.01. The zero-order valence-electron chi connectivity index (χ0n) is 15.1. The average molecular weight is 371 g/mol. The average Bonchev–Trinajstić information content (AvgIpc) is 2.67. The van der Waals surface area contributed by atoms with Crippen LogP contribution in [-0.2, 0) is 0 Å². The zero-order valence-corrected chi connectivity index (χ0v) is 15.1. The van der Waals surface area contributed by atoms with Gasteiger partial charge in [0, 0.05) is 18.7 Å². The van der Waals surface area contributed by atoms with Crippen LogP contribution in [0.2, 0.25) is 0 Å². The predicted octanol–water partition coefficient (Wildman–Crippen LogP) is 5.22. The van der Waals surface area contributed by atoms with Gasteiger partial charge in [-0.2, -0.15) is 8.78 Å². The minimum absolute atomic E-state index is 0.0890. The number of hydrogen-bond donors (Lipinski definition) is 0. The molecule has 0 unspecified atom stereocenters. The predicted molar refractivity (Wildman–Crippen MR) is 99.9 cm³/mol. The summed E-state index contributed by atoms with van der Waals surface area (Å²) in [7, 11) is 0. The molecule has 1 aliphatic heterocycles. The maximum Gasteiger partial charge on any atom is 0.387 e. The number of piperidine rings is 1. The molecule has 0 spiro atoms. The molecule has 1 amide bonds. The summed E-state index contributed by atoms with van der Waals surface area (Å²) >= 11 is 0. The molecule has 2 aromatic carbocycles. The Morgan fingerprint density at radius 3 is 2.37 bits per heavy atom. The summed E-state index contributed by atoms with van der Waals surface area (Å²) in [4.78, 5) is 15.0. The number of carbonyl (C=O) groups excluding carboxylic acids is 1. The van der Waals surface area contributed by atoms with E-state index in [1.54, 1.807) is 12.1 Å².